The van der Waals surface area contributed by atoms with Crippen molar-refractivity contribution in [1.82, 2.24) is 19.7 Å². The zero-order chi connectivity index (χ0) is 23.0. The maximum absolute atomic E-state index is 10.4. The topological polar surface area (TPSA) is 90.9 Å². The number of benzene rings is 1. The van der Waals surface area contributed by atoms with E-state index in [9.17, 15) is 10.4 Å². The summed E-state index contributed by atoms with van der Waals surface area (Å²) in [6, 6.07) is 10.9. The maximum Gasteiger partial charge on any atom is 0.159 e. The highest BCUT2D eigenvalue weighted by Gasteiger charge is 2.61. The molecule has 3 aliphatic rings. The van der Waals surface area contributed by atoms with Crippen LogP contribution in [0, 0.1) is 29.6 Å². The minimum absolute atomic E-state index is 0.212. The lowest BCUT2D eigenvalue weighted by molar-refractivity contribution is 0.0263. The van der Waals surface area contributed by atoms with E-state index in [1.807, 2.05) is 37.7 Å². The summed E-state index contributed by atoms with van der Waals surface area (Å²) in [6.45, 7) is 7.30. The van der Waals surface area contributed by atoms with E-state index in [0.717, 1.165) is 60.5 Å². The average Bonchev–Trinajstić information content (AvgIpc) is 3.19. The minimum atomic E-state index is -0.703. The van der Waals surface area contributed by atoms with Gasteiger partial charge in [0.1, 0.15) is 11.6 Å². The lowest BCUT2D eigenvalue weighted by Crippen LogP contribution is -2.41. The van der Waals surface area contributed by atoms with Crippen LogP contribution in [0.2, 0.25) is 0 Å². The number of aryl methyl sites for hydroxylation is 1. The first kappa shape index (κ1) is 20.6. The van der Waals surface area contributed by atoms with E-state index in [-0.39, 0.29) is 11.3 Å². The number of nitriles is 1. The zero-order valence-corrected chi connectivity index (χ0v) is 19.5. The summed E-state index contributed by atoms with van der Waals surface area (Å²) >= 11 is 0. The largest absolute Gasteiger partial charge is 0.390 e. The fraction of sp³-hybridized carbons (Fsp3) is 0.538. The number of aliphatic hydroxyl groups is 1. The molecule has 1 aliphatic heterocycles. The molecule has 7 nitrogen and oxygen atoms in total. The first-order valence-electron chi connectivity index (χ1n) is 11.9. The summed E-state index contributed by atoms with van der Waals surface area (Å²) in [7, 11) is 0. The minimum Gasteiger partial charge on any atom is -0.390 e. The molecule has 7 heteroatoms. The normalized spacial score (nSPS) is 23.0. The standard InChI is InChI=1S/C26H30N6O/c1-17-29-22(31-9-6-20(13-31)24(2,3)33)11-23(30-17)32-21-10-19(5-4-18(21)12-28-32)26(16-27)14-25(15-26)7-8-25/h4-5,10-12,20,33H,6-9,13-15H2,1-3H3. The number of nitrogens with zero attached hydrogens (tertiary/aromatic N) is 6. The Morgan fingerprint density at radius 3 is 2.58 bits per heavy atom. The molecule has 3 fully saturated rings. The highest BCUT2D eigenvalue weighted by molar-refractivity contribution is 5.81. The van der Waals surface area contributed by atoms with Crippen molar-refractivity contribution in [3.8, 4) is 11.9 Å². The van der Waals surface area contributed by atoms with Gasteiger partial charge in [0, 0.05) is 30.5 Å². The van der Waals surface area contributed by atoms with Gasteiger partial charge in [-0.15, -0.1) is 0 Å². The van der Waals surface area contributed by atoms with E-state index in [0.29, 0.717) is 11.2 Å². The smallest absolute Gasteiger partial charge is 0.159 e. The van der Waals surface area contributed by atoms with Gasteiger partial charge in [-0.3, -0.25) is 0 Å². The highest BCUT2D eigenvalue weighted by Crippen LogP contribution is 2.68. The molecule has 2 aliphatic carbocycles. The first-order valence-corrected chi connectivity index (χ1v) is 11.9. The van der Waals surface area contributed by atoms with Crippen LogP contribution in [0.25, 0.3) is 16.7 Å². The van der Waals surface area contributed by atoms with Crippen molar-refractivity contribution in [1.29, 1.82) is 5.26 Å². The predicted octanol–water partition coefficient (Wildman–Crippen LogP) is 4.06. The van der Waals surface area contributed by atoms with Crippen LogP contribution in [0.4, 0.5) is 5.82 Å². The Balaban J connectivity index is 1.36. The van der Waals surface area contributed by atoms with Crippen molar-refractivity contribution in [2.24, 2.45) is 11.3 Å². The number of fused-ring (bicyclic) bond motifs is 1. The van der Waals surface area contributed by atoms with Crippen LogP contribution < -0.4 is 4.90 Å². The molecule has 6 rings (SSSR count). The summed E-state index contributed by atoms with van der Waals surface area (Å²) in [6.07, 6.45) is 7.29. The molecular weight excluding hydrogens is 412 g/mol. The third kappa shape index (κ3) is 3.31. The van der Waals surface area contributed by atoms with Crippen molar-refractivity contribution >= 4 is 16.7 Å². The Labute approximate surface area is 194 Å². The Kier molecular flexibility index (Phi) is 4.23. The molecule has 1 saturated heterocycles. The van der Waals surface area contributed by atoms with Crippen LogP contribution in [-0.2, 0) is 5.41 Å². The molecule has 1 atom stereocenters. The third-order valence-corrected chi connectivity index (χ3v) is 8.19. The van der Waals surface area contributed by atoms with Gasteiger partial charge in [-0.05, 0) is 69.9 Å². The second-order valence-electron chi connectivity index (χ2n) is 11.1. The molecule has 1 N–H and O–H groups in total. The van der Waals surface area contributed by atoms with Gasteiger partial charge in [-0.2, -0.15) is 10.4 Å². The molecule has 0 amide bonds. The molecular formula is C26H30N6O. The van der Waals surface area contributed by atoms with E-state index in [2.05, 4.69) is 39.3 Å². The van der Waals surface area contributed by atoms with Crippen molar-refractivity contribution < 1.29 is 5.11 Å². The van der Waals surface area contributed by atoms with Crippen molar-refractivity contribution in [2.75, 3.05) is 18.0 Å². The summed E-state index contributed by atoms with van der Waals surface area (Å²) in [4.78, 5) is 11.6. The Morgan fingerprint density at radius 2 is 1.91 bits per heavy atom. The molecule has 33 heavy (non-hydrogen) atoms. The molecule has 0 bridgehead atoms. The highest BCUT2D eigenvalue weighted by atomic mass is 16.3. The van der Waals surface area contributed by atoms with Crippen LogP contribution in [0.1, 0.15) is 57.3 Å². The summed E-state index contributed by atoms with van der Waals surface area (Å²) in [5.74, 6) is 2.50. The van der Waals surface area contributed by atoms with Gasteiger partial charge in [0.2, 0.25) is 0 Å². The van der Waals surface area contributed by atoms with Crippen molar-refractivity contribution in [3.05, 3.63) is 41.9 Å². The molecule has 3 aromatic rings. The molecule has 0 radical (unpaired) electrons. The second-order valence-corrected chi connectivity index (χ2v) is 11.1. The van der Waals surface area contributed by atoms with Gasteiger partial charge in [0.05, 0.1) is 28.8 Å². The Morgan fingerprint density at radius 1 is 1.15 bits per heavy atom. The van der Waals surface area contributed by atoms with Gasteiger partial charge in [0.25, 0.3) is 0 Å². The lowest BCUT2D eigenvalue weighted by atomic mass is 9.57. The Bertz CT molecular complexity index is 1280. The van der Waals surface area contributed by atoms with Crippen LogP contribution >= 0.6 is 0 Å². The summed E-state index contributed by atoms with van der Waals surface area (Å²) < 4.78 is 1.87. The van der Waals surface area contributed by atoms with Crippen LogP contribution in [0.15, 0.2) is 30.5 Å². The van der Waals surface area contributed by atoms with Crippen LogP contribution in [0.5, 0.6) is 0 Å². The number of rotatable bonds is 4. The van der Waals surface area contributed by atoms with Crippen molar-refractivity contribution in [2.45, 2.75) is 63.9 Å². The van der Waals surface area contributed by atoms with Gasteiger partial charge < -0.3 is 10.0 Å². The number of hydrogen-bond acceptors (Lipinski definition) is 6. The van der Waals surface area contributed by atoms with E-state index in [1.165, 1.54) is 12.8 Å². The van der Waals surface area contributed by atoms with E-state index in [1.54, 1.807) is 0 Å². The number of aromatic nitrogens is 4. The fourth-order valence-electron chi connectivity index (χ4n) is 5.96. The second kappa shape index (κ2) is 6.77. The molecule has 1 aromatic carbocycles. The molecule has 2 aromatic heterocycles. The van der Waals surface area contributed by atoms with Gasteiger partial charge in [-0.1, -0.05) is 12.1 Å². The molecule has 1 unspecified atom stereocenters. The van der Waals surface area contributed by atoms with E-state index in [4.69, 9.17) is 4.98 Å². The van der Waals surface area contributed by atoms with Crippen molar-refractivity contribution in [3.63, 3.8) is 0 Å². The zero-order valence-electron chi connectivity index (χ0n) is 19.5. The molecule has 3 heterocycles. The maximum atomic E-state index is 10.4. The van der Waals surface area contributed by atoms with Gasteiger partial charge in [0.15, 0.2) is 5.82 Å². The van der Waals surface area contributed by atoms with Gasteiger partial charge >= 0.3 is 0 Å². The first-order chi connectivity index (χ1) is 15.7. The molecule has 2 saturated carbocycles. The van der Waals surface area contributed by atoms with E-state index >= 15 is 0 Å². The lowest BCUT2D eigenvalue weighted by Gasteiger charge is -2.44. The van der Waals surface area contributed by atoms with Crippen LogP contribution in [0.3, 0.4) is 0 Å². The quantitative estimate of drug-likeness (QED) is 0.655. The van der Waals surface area contributed by atoms with Gasteiger partial charge in [-0.25, -0.2) is 14.6 Å². The summed E-state index contributed by atoms with van der Waals surface area (Å²) in [5, 5.41) is 26.1. The van der Waals surface area contributed by atoms with E-state index < -0.39 is 5.60 Å². The number of anilines is 1. The monoisotopic (exact) mass is 442 g/mol. The summed E-state index contributed by atoms with van der Waals surface area (Å²) in [5.41, 5.74) is 1.44. The Hall–Kier alpha value is -2.98. The molecule has 170 valence electrons. The fourth-order valence-corrected chi connectivity index (χ4v) is 5.96. The predicted molar refractivity (Wildman–Crippen MR) is 126 cm³/mol. The third-order valence-electron chi connectivity index (χ3n) is 8.19. The number of hydrogen-bond donors (Lipinski definition) is 1. The SMILES string of the molecule is Cc1nc(N2CCC(C(C)(C)O)C2)cc(-n2ncc3ccc(C4(C#N)CC5(CC5)C4)cc32)n1. The molecule has 1 spiro atoms. The van der Waals surface area contributed by atoms with Crippen LogP contribution in [-0.4, -0.2) is 43.5 Å². The average molecular weight is 443 g/mol.